The SMILES string of the molecule is CN.CNC(=O)CCCOCCCO.O=C(CCCOCCCO)ON1C(=O)CCC1=O. The van der Waals surface area contributed by atoms with E-state index in [4.69, 9.17) is 19.7 Å². The molecular weight excluding hydrogens is 426 g/mol. The minimum Gasteiger partial charge on any atom is -0.396 e. The van der Waals surface area contributed by atoms with Crippen LogP contribution in [0.3, 0.4) is 0 Å². The van der Waals surface area contributed by atoms with Crippen LogP contribution in [0, 0.1) is 0 Å². The fourth-order valence-electron chi connectivity index (χ4n) is 2.12. The summed E-state index contributed by atoms with van der Waals surface area (Å²) in [5.41, 5.74) is 4.50. The summed E-state index contributed by atoms with van der Waals surface area (Å²) >= 11 is 0. The molecule has 5 N–H and O–H groups in total. The molecule has 0 bridgehead atoms. The molecule has 1 heterocycles. The Morgan fingerprint density at radius 2 is 1.31 bits per heavy atom. The summed E-state index contributed by atoms with van der Waals surface area (Å²) in [5.74, 6) is -1.54. The highest BCUT2D eigenvalue weighted by molar-refractivity contribution is 6.01. The lowest BCUT2D eigenvalue weighted by molar-refractivity contribution is -0.197. The van der Waals surface area contributed by atoms with Crippen molar-refractivity contribution in [2.45, 2.75) is 51.4 Å². The summed E-state index contributed by atoms with van der Waals surface area (Å²) in [6, 6.07) is 0. The molecule has 12 nitrogen and oxygen atoms in total. The lowest BCUT2D eigenvalue weighted by atomic mass is 10.3. The summed E-state index contributed by atoms with van der Waals surface area (Å²) < 4.78 is 10.3. The van der Waals surface area contributed by atoms with Crippen molar-refractivity contribution in [1.29, 1.82) is 0 Å². The van der Waals surface area contributed by atoms with Gasteiger partial charge < -0.3 is 35.6 Å². The first-order valence-electron chi connectivity index (χ1n) is 10.7. The minimum atomic E-state index is -0.621. The van der Waals surface area contributed by atoms with Gasteiger partial charge in [-0.2, -0.15) is 0 Å². The smallest absolute Gasteiger partial charge is 0.333 e. The van der Waals surface area contributed by atoms with E-state index in [1.807, 2.05) is 0 Å². The van der Waals surface area contributed by atoms with Gasteiger partial charge in [0.2, 0.25) is 5.91 Å². The van der Waals surface area contributed by atoms with E-state index in [2.05, 4.69) is 15.9 Å². The van der Waals surface area contributed by atoms with Crippen molar-refractivity contribution in [2.24, 2.45) is 5.73 Å². The molecule has 0 atom stereocenters. The van der Waals surface area contributed by atoms with Crippen LogP contribution < -0.4 is 11.1 Å². The van der Waals surface area contributed by atoms with Gasteiger partial charge in [0.15, 0.2) is 0 Å². The number of imide groups is 1. The highest BCUT2D eigenvalue weighted by Crippen LogP contribution is 2.12. The van der Waals surface area contributed by atoms with Crippen molar-refractivity contribution in [3.8, 4) is 0 Å². The van der Waals surface area contributed by atoms with Crippen LogP contribution in [0.2, 0.25) is 0 Å². The van der Waals surface area contributed by atoms with Crippen molar-refractivity contribution >= 4 is 23.7 Å². The lowest BCUT2D eigenvalue weighted by Gasteiger charge is -2.12. The number of nitrogens with zero attached hydrogens (tertiary/aromatic N) is 1. The van der Waals surface area contributed by atoms with Gasteiger partial charge in [0.1, 0.15) is 0 Å². The largest absolute Gasteiger partial charge is 0.396 e. The zero-order valence-electron chi connectivity index (χ0n) is 19.2. The molecular formula is C20H39N3O9. The first-order valence-corrected chi connectivity index (χ1v) is 10.7. The van der Waals surface area contributed by atoms with E-state index in [0.29, 0.717) is 57.2 Å². The van der Waals surface area contributed by atoms with E-state index in [1.165, 1.54) is 7.05 Å². The summed E-state index contributed by atoms with van der Waals surface area (Å²) in [6.07, 6.45) is 3.19. The Kier molecular flexibility index (Phi) is 23.6. The lowest BCUT2D eigenvalue weighted by Crippen LogP contribution is -2.32. The van der Waals surface area contributed by atoms with Gasteiger partial charge >= 0.3 is 5.97 Å². The first-order chi connectivity index (χ1) is 15.5. The number of carbonyl (C=O) groups is 4. The van der Waals surface area contributed by atoms with E-state index in [0.717, 1.165) is 6.42 Å². The molecule has 0 aromatic carbocycles. The van der Waals surface area contributed by atoms with Crippen LogP contribution in [-0.2, 0) is 33.5 Å². The van der Waals surface area contributed by atoms with Crippen LogP contribution in [-0.4, -0.2) is 92.7 Å². The fraction of sp³-hybridized carbons (Fsp3) is 0.800. The molecule has 0 radical (unpaired) electrons. The average molecular weight is 466 g/mol. The van der Waals surface area contributed by atoms with Gasteiger partial charge in [0, 0.05) is 66.0 Å². The highest BCUT2D eigenvalue weighted by atomic mass is 16.7. The number of ether oxygens (including phenoxy) is 2. The van der Waals surface area contributed by atoms with E-state index in [9.17, 15) is 19.2 Å². The third-order valence-electron chi connectivity index (χ3n) is 3.73. The minimum absolute atomic E-state index is 0.0424. The molecule has 1 saturated heterocycles. The molecule has 1 fully saturated rings. The molecule has 188 valence electrons. The Morgan fingerprint density at radius 3 is 1.75 bits per heavy atom. The van der Waals surface area contributed by atoms with Gasteiger partial charge in [0.05, 0.1) is 6.42 Å². The predicted molar refractivity (Wildman–Crippen MR) is 115 cm³/mol. The molecule has 0 spiro atoms. The number of hydrogen-bond donors (Lipinski definition) is 4. The molecule has 32 heavy (non-hydrogen) atoms. The molecule has 1 aliphatic heterocycles. The number of hydrogen-bond acceptors (Lipinski definition) is 10. The predicted octanol–water partition coefficient (Wildman–Crippen LogP) is -0.741. The zero-order valence-corrected chi connectivity index (χ0v) is 19.2. The summed E-state index contributed by atoms with van der Waals surface area (Å²) in [5, 5.41) is 20.0. The Labute approximate surface area is 189 Å². The van der Waals surface area contributed by atoms with Crippen molar-refractivity contribution in [1.82, 2.24) is 10.4 Å². The molecule has 0 aliphatic carbocycles. The molecule has 0 aromatic rings. The van der Waals surface area contributed by atoms with Crippen LogP contribution >= 0.6 is 0 Å². The van der Waals surface area contributed by atoms with Gasteiger partial charge in [-0.15, -0.1) is 5.06 Å². The van der Waals surface area contributed by atoms with Gasteiger partial charge in [-0.3, -0.25) is 14.4 Å². The second-order valence-electron chi connectivity index (χ2n) is 6.30. The van der Waals surface area contributed by atoms with Crippen LogP contribution in [0.1, 0.15) is 51.4 Å². The highest BCUT2D eigenvalue weighted by Gasteiger charge is 2.32. The maximum Gasteiger partial charge on any atom is 0.333 e. The van der Waals surface area contributed by atoms with Crippen LogP contribution in [0.5, 0.6) is 0 Å². The molecule has 1 aliphatic rings. The fourth-order valence-corrected chi connectivity index (χ4v) is 2.12. The summed E-state index contributed by atoms with van der Waals surface area (Å²) in [7, 11) is 3.12. The second kappa shape index (κ2) is 23.5. The topological polar surface area (TPSA) is 178 Å². The van der Waals surface area contributed by atoms with E-state index in [1.54, 1.807) is 7.05 Å². The van der Waals surface area contributed by atoms with Gasteiger partial charge in [-0.25, -0.2) is 4.79 Å². The van der Waals surface area contributed by atoms with Gasteiger partial charge in [-0.05, 0) is 32.7 Å². The van der Waals surface area contributed by atoms with Crippen molar-refractivity contribution in [3.63, 3.8) is 0 Å². The molecule has 0 unspecified atom stereocenters. The number of hydroxylamine groups is 2. The normalized spacial score (nSPS) is 12.5. The number of aliphatic hydroxyl groups is 2. The summed E-state index contributed by atoms with van der Waals surface area (Å²) in [6.45, 7) is 2.21. The average Bonchev–Trinajstić information content (AvgIpc) is 3.12. The molecule has 1 rings (SSSR count). The third-order valence-corrected chi connectivity index (χ3v) is 3.73. The van der Waals surface area contributed by atoms with Crippen molar-refractivity contribution in [3.05, 3.63) is 0 Å². The molecule has 0 aromatic heterocycles. The van der Waals surface area contributed by atoms with Crippen molar-refractivity contribution < 1.29 is 43.7 Å². The van der Waals surface area contributed by atoms with Gasteiger partial charge in [-0.1, -0.05) is 0 Å². The Bertz CT molecular complexity index is 503. The molecule has 3 amide bonds. The number of nitrogens with one attached hydrogen (secondary N) is 1. The molecule has 0 saturated carbocycles. The number of aliphatic hydroxyl groups excluding tert-OH is 2. The third kappa shape index (κ3) is 18.6. The van der Waals surface area contributed by atoms with Crippen LogP contribution in [0.25, 0.3) is 0 Å². The van der Waals surface area contributed by atoms with E-state index in [-0.39, 0.29) is 38.4 Å². The van der Waals surface area contributed by atoms with Crippen LogP contribution in [0.15, 0.2) is 0 Å². The maximum atomic E-state index is 11.3. The number of nitrogens with two attached hydrogens (primary N) is 1. The molecule has 12 heteroatoms. The van der Waals surface area contributed by atoms with Crippen LogP contribution in [0.4, 0.5) is 0 Å². The first kappa shape index (κ1) is 32.1. The number of carbonyl (C=O) groups excluding carboxylic acids is 4. The van der Waals surface area contributed by atoms with E-state index >= 15 is 0 Å². The Hall–Kier alpha value is -2.12. The van der Waals surface area contributed by atoms with E-state index < -0.39 is 17.8 Å². The Morgan fingerprint density at radius 1 is 0.875 bits per heavy atom. The monoisotopic (exact) mass is 465 g/mol. The van der Waals surface area contributed by atoms with Gasteiger partial charge in [0.25, 0.3) is 11.8 Å². The Balaban J connectivity index is 0. The number of amides is 3. The summed E-state index contributed by atoms with van der Waals surface area (Å²) in [4.78, 5) is 49.0. The second-order valence-corrected chi connectivity index (χ2v) is 6.30. The zero-order chi connectivity index (χ0) is 24.6. The number of rotatable bonds is 15. The van der Waals surface area contributed by atoms with Crippen molar-refractivity contribution in [2.75, 3.05) is 53.7 Å². The standard InChI is InChI=1S/C11H17NO6.C8H17NO3.CH5N/c13-6-2-8-17-7-1-3-11(16)18-12-9(14)4-5-10(12)15;1-9-8(11)4-2-6-12-7-3-5-10;1-2/h13H,1-8H2;10H,2-7H2,1H3,(H,9,11);2H2,1H3. The quantitative estimate of drug-likeness (QED) is 0.178. The maximum absolute atomic E-state index is 11.3.